The Morgan fingerprint density at radius 3 is 2.86 bits per heavy atom. The minimum Gasteiger partial charge on any atom is -0.367 e. The SMILES string of the molecule is O=C(NCCNc1ncc(Cl)cc1Cl)NCCC(=O)N1CCc2sccc2C1. The molecule has 0 unspecified atom stereocenters. The molecule has 0 fully saturated rings. The van der Waals surface area contributed by atoms with Crippen molar-refractivity contribution in [3.05, 3.63) is 44.2 Å². The smallest absolute Gasteiger partial charge is 0.314 e. The molecule has 3 heterocycles. The summed E-state index contributed by atoms with van der Waals surface area (Å²) in [5.74, 6) is 0.566. The van der Waals surface area contributed by atoms with Crippen molar-refractivity contribution in [3.63, 3.8) is 0 Å². The number of carbonyl (C=O) groups excluding carboxylic acids is 2. The van der Waals surface area contributed by atoms with Gasteiger partial charge >= 0.3 is 6.03 Å². The van der Waals surface area contributed by atoms with E-state index in [0.29, 0.717) is 42.0 Å². The molecule has 2 aromatic heterocycles. The molecule has 3 N–H and O–H groups in total. The second-order valence-corrected chi connectivity index (χ2v) is 8.12. The molecule has 0 aliphatic carbocycles. The Kier molecular flexibility index (Phi) is 7.36. The van der Waals surface area contributed by atoms with Crippen LogP contribution in [-0.2, 0) is 17.8 Å². The Bertz CT molecular complexity index is 845. The van der Waals surface area contributed by atoms with Gasteiger partial charge in [0.1, 0.15) is 5.82 Å². The number of urea groups is 1. The van der Waals surface area contributed by atoms with Crippen LogP contribution >= 0.6 is 34.5 Å². The van der Waals surface area contributed by atoms with Crippen molar-refractivity contribution in [2.75, 3.05) is 31.5 Å². The first-order valence-electron chi connectivity index (χ1n) is 8.92. The van der Waals surface area contributed by atoms with Gasteiger partial charge in [-0.2, -0.15) is 0 Å². The highest BCUT2D eigenvalue weighted by atomic mass is 35.5. The van der Waals surface area contributed by atoms with Gasteiger partial charge in [0, 0.05) is 50.2 Å². The second-order valence-electron chi connectivity index (χ2n) is 6.28. The minimum atomic E-state index is -0.316. The van der Waals surface area contributed by atoms with Gasteiger partial charge in [-0.15, -0.1) is 11.3 Å². The number of hydrogen-bond acceptors (Lipinski definition) is 5. The predicted molar refractivity (Wildman–Crippen MR) is 112 cm³/mol. The zero-order valence-electron chi connectivity index (χ0n) is 15.1. The molecule has 0 saturated carbocycles. The summed E-state index contributed by atoms with van der Waals surface area (Å²) >= 11 is 13.5. The van der Waals surface area contributed by atoms with Crippen molar-refractivity contribution in [3.8, 4) is 0 Å². The number of fused-ring (bicyclic) bond motifs is 1. The largest absolute Gasteiger partial charge is 0.367 e. The molecule has 0 saturated heterocycles. The summed E-state index contributed by atoms with van der Waals surface area (Å²) in [5.41, 5.74) is 1.23. The summed E-state index contributed by atoms with van der Waals surface area (Å²) in [6.45, 7) is 2.54. The third kappa shape index (κ3) is 5.73. The first kappa shape index (κ1) is 20.7. The molecule has 3 rings (SSSR count). The van der Waals surface area contributed by atoms with Gasteiger partial charge in [0.25, 0.3) is 0 Å². The maximum absolute atomic E-state index is 12.3. The highest BCUT2D eigenvalue weighted by Crippen LogP contribution is 2.24. The highest BCUT2D eigenvalue weighted by molar-refractivity contribution is 7.10. The number of pyridine rings is 1. The van der Waals surface area contributed by atoms with Crippen LogP contribution in [0.15, 0.2) is 23.7 Å². The van der Waals surface area contributed by atoms with E-state index in [1.807, 2.05) is 4.90 Å². The summed E-state index contributed by atoms with van der Waals surface area (Å²) in [5, 5.41) is 11.4. The van der Waals surface area contributed by atoms with Gasteiger partial charge in [-0.25, -0.2) is 9.78 Å². The topological polar surface area (TPSA) is 86.4 Å². The lowest BCUT2D eigenvalue weighted by molar-refractivity contribution is -0.131. The number of hydrogen-bond donors (Lipinski definition) is 3. The maximum Gasteiger partial charge on any atom is 0.314 e. The fourth-order valence-electron chi connectivity index (χ4n) is 2.87. The normalized spacial score (nSPS) is 13.0. The number of aromatic nitrogens is 1. The summed E-state index contributed by atoms with van der Waals surface area (Å²) in [6, 6.07) is 3.35. The molecule has 1 aliphatic rings. The lowest BCUT2D eigenvalue weighted by atomic mass is 10.1. The minimum absolute atomic E-state index is 0.0577. The van der Waals surface area contributed by atoms with E-state index in [0.717, 1.165) is 13.0 Å². The van der Waals surface area contributed by atoms with Crippen LogP contribution in [0.2, 0.25) is 10.0 Å². The Labute approximate surface area is 177 Å². The van der Waals surface area contributed by atoms with Crippen molar-refractivity contribution in [1.29, 1.82) is 0 Å². The number of halogens is 2. The summed E-state index contributed by atoms with van der Waals surface area (Å²) in [6.07, 6.45) is 2.69. The number of amides is 3. The Morgan fingerprint density at radius 1 is 1.21 bits per heavy atom. The standard InChI is InChI=1S/C18H21Cl2N5O2S/c19-13-9-14(20)17(24-10-13)21-5-6-23-18(27)22-4-1-16(26)25-7-2-15-12(11-25)3-8-28-15/h3,8-10H,1-2,4-7,11H2,(H,21,24)(H2,22,23,27). The number of anilines is 1. The fraction of sp³-hybridized carbons (Fsp3) is 0.389. The fourth-order valence-corrected chi connectivity index (χ4v) is 4.20. The molecule has 150 valence electrons. The summed E-state index contributed by atoms with van der Waals surface area (Å²) < 4.78 is 0. The second kappa shape index (κ2) is 9.95. The number of thiophene rings is 1. The number of rotatable bonds is 7. The van der Waals surface area contributed by atoms with Gasteiger partial charge in [0.05, 0.1) is 10.0 Å². The van der Waals surface area contributed by atoms with Gasteiger partial charge in [0.15, 0.2) is 0 Å². The van der Waals surface area contributed by atoms with Crippen molar-refractivity contribution in [2.24, 2.45) is 0 Å². The highest BCUT2D eigenvalue weighted by Gasteiger charge is 2.21. The molecular formula is C18H21Cl2N5O2S. The molecule has 1 aliphatic heterocycles. The van der Waals surface area contributed by atoms with E-state index >= 15 is 0 Å². The molecule has 0 bridgehead atoms. The van der Waals surface area contributed by atoms with E-state index in [-0.39, 0.29) is 18.4 Å². The zero-order valence-corrected chi connectivity index (χ0v) is 17.5. The van der Waals surface area contributed by atoms with Gasteiger partial charge in [0.2, 0.25) is 5.91 Å². The lowest BCUT2D eigenvalue weighted by Gasteiger charge is -2.27. The molecular weight excluding hydrogens is 421 g/mol. The van der Waals surface area contributed by atoms with Crippen LogP contribution in [0.3, 0.4) is 0 Å². The van der Waals surface area contributed by atoms with Crippen LogP contribution in [0.5, 0.6) is 0 Å². The van der Waals surface area contributed by atoms with Crippen LogP contribution in [0.1, 0.15) is 16.9 Å². The lowest BCUT2D eigenvalue weighted by Crippen LogP contribution is -2.41. The van der Waals surface area contributed by atoms with Gasteiger partial charge in [-0.3, -0.25) is 4.79 Å². The third-order valence-corrected chi connectivity index (χ3v) is 5.81. The van der Waals surface area contributed by atoms with E-state index in [1.165, 1.54) is 16.6 Å². The maximum atomic E-state index is 12.3. The van der Waals surface area contributed by atoms with Crippen molar-refractivity contribution in [2.45, 2.75) is 19.4 Å². The van der Waals surface area contributed by atoms with Crippen LogP contribution in [0.25, 0.3) is 0 Å². The van der Waals surface area contributed by atoms with Crippen LogP contribution in [-0.4, -0.2) is 48.0 Å². The Hall–Kier alpha value is -2.03. The van der Waals surface area contributed by atoms with Gasteiger partial charge < -0.3 is 20.9 Å². The van der Waals surface area contributed by atoms with E-state index in [9.17, 15) is 9.59 Å². The number of carbonyl (C=O) groups is 2. The molecule has 2 aromatic rings. The van der Waals surface area contributed by atoms with Crippen LogP contribution in [0.4, 0.5) is 10.6 Å². The van der Waals surface area contributed by atoms with E-state index < -0.39 is 0 Å². The Balaban J connectivity index is 1.29. The molecule has 0 radical (unpaired) electrons. The quantitative estimate of drug-likeness (QED) is 0.576. The van der Waals surface area contributed by atoms with Gasteiger partial charge in [-0.1, -0.05) is 23.2 Å². The first-order valence-corrected chi connectivity index (χ1v) is 10.6. The first-order chi connectivity index (χ1) is 13.5. The summed E-state index contributed by atoms with van der Waals surface area (Å²) in [7, 11) is 0. The van der Waals surface area contributed by atoms with Crippen molar-refractivity contribution in [1.82, 2.24) is 20.5 Å². The van der Waals surface area contributed by atoms with E-state index in [1.54, 1.807) is 17.4 Å². The predicted octanol–water partition coefficient (Wildman–Crippen LogP) is 3.14. The molecule has 10 heteroatoms. The van der Waals surface area contributed by atoms with Crippen LogP contribution < -0.4 is 16.0 Å². The molecule has 0 atom stereocenters. The van der Waals surface area contributed by atoms with Gasteiger partial charge in [-0.05, 0) is 29.5 Å². The van der Waals surface area contributed by atoms with E-state index in [2.05, 4.69) is 32.4 Å². The monoisotopic (exact) mass is 441 g/mol. The average molecular weight is 442 g/mol. The third-order valence-electron chi connectivity index (χ3n) is 4.30. The molecule has 28 heavy (non-hydrogen) atoms. The molecule has 7 nitrogen and oxygen atoms in total. The zero-order chi connectivity index (χ0) is 19.9. The number of nitrogens with zero attached hydrogens (tertiary/aromatic N) is 2. The molecule has 0 spiro atoms. The average Bonchev–Trinajstić information content (AvgIpc) is 3.14. The Morgan fingerprint density at radius 2 is 2.04 bits per heavy atom. The van der Waals surface area contributed by atoms with Crippen LogP contribution in [0, 0.1) is 0 Å². The molecule has 0 aromatic carbocycles. The van der Waals surface area contributed by atoms with E-state index in [4.69, 9.17) is 23.2 Å². The summed E-state index contributed by atoms with van der Waals surface area (Å²) in [4.78, 5) is 31.4. The molecule has 3 amide bonds. The number of nitrogens with one attached hydrogen (secondary N) is 3. The van der Waals surface area contributed by atoms with Crippen molar-refractivity contribution < 1.29 is 9.59 Å². The van der Waals surface area contributed by atoms with Crippen molar-refractivity contribution >= 4 is 52.3 Å².